The van der Waals surface area contributed by atoms with E-state index in [1.54, 1.807) is 0 Å². The van der Waals surface area contributed by atoms with E-state index >= 15 is 0 Å². The summed E-state index contributed by atoms with van der Waals surface area (Å²) in [6, 6.07) is 16.3. The third kappa shape index (κ3) is 3.69. The van der Waals surface area contributed by atoms with Crippen molar-refractivity contribution in [1.82, 2.24) is 0 Å². The summed E-state index contributed by atoms with van der Waals surface area (Å²) in [5.74, 6) is 0. The average Bonchev–Trinajstić information content (AvgIpc) is 2.32. The average molecular weight is 305 g/mol. The van der Waals surface area contributed by atoms with Gasteiger partial charge < -0.3 is 5.11 Å². The number of aliphatic hydroxyl groups excluding tert-OH is 1. The number of benzene rings is 2. The Kier molecular flexibility index (Phi) is 4.56. The van der Waals surface area contributed by atoms with Gasteiger partial charge in [0.15, 0.2) is 0 Å². The number of hydrogen-bond acceptors (Lipinski definition) is 1. The highest BCUT2D eigenvalue weighted by Crippen LogP contribution is 2.18. The largest absolute Gasteiger partial charge is 0.392 e. The minimum Gasteiger partial charge on any atom is -0.392 e. The highest BCUT2D eigenvalue weighted by molar-refractivity contribution is 9.10. The van der Waals surface area contributed by atoms with Crippen molar-refractivity contribution in [3.05, 3.63) is 69.7 Å². The smallest absolute Gasteiger partial charge is 0.0621 e. The molecule has 0 heterocycles. The zero-order chi connectivity index (χ0) is 13.0. The van der Waals surface area contributed by atoms with E-state index in [0.717, 1.165) is 10.0 Å². The number of aryl methyl sites for hydroxylation is 1. The zero-order valence-corrected chi connectivity index (χ0v) is 12.0. The molecule has 2 rings (SSSR count). The van der Waals surface area contributed by atoms with Gasteiger partial charge in [0.2, 0.25) is 0 Å². The van der Waals surface area contributed by atoms with Gasteiger partial charge in [-0.15, -0.1) is 0 Å². The second-order valence-corrected chi connectivity index (χ2v) is 5.50. The predicted octanol–water partition coefficient (Wildman–Crippen LogP) is 3.90. The first-order valence-electron chi connectivity index (χ1n) is 6.12. The molecule has 94 valence electrons. The van der Waals surface area contributed by atoms with E-state index < -0.39 is 0 Å². The molecule has 0 amide bonds. The molecule has 1 atom stereocenters. The molecule has 0 aromatic heterocycles. The van der Waals surface area contributed by atoms with Crippen molar-refractivity contribution in [2.75, 3.05) is 0 Å². The van der Waals surface area contributed by atoms with Crippen LogP contribution < -0.4 is 0 Å². The van der Waals surface area contributed by atoms with E-state index in [4.69, 9.17) is 0 Å². The van der Waals surface area contributed by atoms with Gasteiger partial charge in [0.05, 0.1) is 6.10 Å². The minimum absolute atomic E-state index is 0.342. The van der Waals surface area contributed by atoms with E-state index in [1.165, 1.54) is 11.1 Å². The van der Waals surface area contributed by atoms with Crippen molar-refractivity contribution >= 4 is 15.9 Å². The molecule has 0 saturated carbocycles. The molecule has 1 nitrogen and oxygen atoms in total. The van der Waals surface area contributed by atoms with Crippen LogP contribution in [-0.4, -0.2) is 11.2 Å². The number of aliphatic hydroxyl groups is 1. The molecule has 2 aromatic rings. The van der Waals surface area contributed by atoms with Crippen LogP contribution in [0.5, 0.6) is 0 Å². The Morgan fingerprint density at radius 1 is 1.06 bits per heavy atom. The van der Waals surface area contributed by atoms with Crippen LogP contribution in [0.1, 0.15) is 16.7 Å². The first-order chi connectivity index (χ1) is 8.65. The maximum atomic E-state index is 10.2. The van der Waals surface area contributed by atoms with Gasteiger partial charge in [-0.25, -0.2) is 0 Å². The van der Waals surface area contributed by atoms with Crippen LogP contribution in [0, 0.1) is 6.92 Å². The first kappa shape index (κ1) is 13.3. The van der Waals surface area contributed by atoms with Crippen molar-refractivity contribution in [2.24, 2.45) is 0 Å². The van der Waals surface area contributed by atoms with Gasteiger partial charge in [0.25, 0.3) is 0 Å². The van der Waals surface area contributed by atoms with E-state index in [2.05, 4.69) is 41.1 Å². The molecular weight excluding hydrogens is 288 g/mol. The maximum absolute atomic E-state index is 10.2. The Labute approximate surface area is 117 Å². The Bertz CT molecular complexity index is 522. The lowest BCUT2D eigenvalue weighted by atomic mass is 10.0. The summed E-state index contributed by atoms with van der Waals surface area (Å²) >= 11 is 3.51. The molecule has 0 bridgehead atoms. The zero-order valence-electron chi connectivity index (χ0n) is 10.4. The van der Waals surface area contributed by atoms with Gasteiger partial charge in [0, 0.05) is 4.47 Å². The van der Waals surface area contributed by atoms with E-state index in [1.807, 2.05) is 30.3 Å². The molecule has 2 heteroatoms. The molecule has 1 N–H and O–H groups in total. The maximum Gasteiger partial charge on any atom is 0.0621 e. The lowest BCUT2D eigenvalue weighted by Crippen LogP contribution is -2.14. The topological polar surface area (TPSA) is 20.2 Å². The Hall–Kier alpha value is -1.12. The van der Waals surface area contributed by atoms with Crippen molar-refractivity contribution in [3.8, 4) is 0 Å². The Morgan fingerprint density at radius 2 is 1.83 bits per heavy atom. The summed E-state index contributed by atoms with van der Waals surface area (Å²) in [7, 11) is 0. The Morgan fingerprint density at radius 3 is 2.56 bits per heavy atom. The molecule has 0 spiro atoms. The molecule has 0 aliphatic rings. The fourth-order valence-corrected chi connectivity index (χ4v) is 2.55. The van der Waals surface area contributed by atoms with Crippen LogP contribution in [0.25, 0.3) is 0 Å². The Balaban J connectivity index is 2.01. The lowest BCUT2D eigenvalue weighted by molar-refractivity contribution is 0.175. The van der Waals surface area contributed by atoms with Crippen molar-refractivity contribution < 1.29 is 5.11 Å². The van der Waals surface area contributed by atoms with E-state index in [9.17, 15) is 5.11 Å². The van der Waals surface area contributed by atoms with Crippen LogP contribution in [0.2, 0.25) is 0 Å². The first-order valence-corrected chi connectivity index (χ1v) is 6.91. The van der Waals surface area contributed by atoms with E-state index in [-0.39, 0.29) is 6.10 Å². The molecule has 0 aliphatic heterocycles. The SMILES string of the molecule is Cc1cccc(CC(O)Cc2ccccc2Br)c1. The highest BCUT2D eigenvalue weighted by atomic mass is 79.9. The summed E-state index contributed by atoms with van der Waals surface area (Å²) in [6.45, 7) is 2.07. The molecule has 0 fully saturated rings. The van der Waals surface area contributed by atoms with Gasteiger partial charge in [-0.3, -0.25) is 0 Å². The summed E-state index contributed by atoms with van der Waals surface area (Å²) < 4.78 is 1.06. The van der Waals surface area contributed by atoms with Crippen LogP contribution in [-0.2, 0) is 12.8 Å². The normalized spacial score (nSPS) is 12.4. The fraction of sp³-hybridized carbons (Fsp3) is 0.250. The molecule has 2 aromatic carbocycles. The molecule has 18 heavy (non-hydrogen) atoms. The molecular formula is C16H17BrO. The third-order valence-electron chi connectivity index (χ3n) is 2.97. The minimum atomic E-state index is -0.342. The number of hydrogen-bond donors (Lipinski definition) is 1. The monoisotopic (exact) mass is 304 g/mol. The number of halogens is 1. The van der Waals surface area contributed by atoms with Crippen LogP contribution >= 0.6 is 15.9 Å². The van der Waals surface area contributed by atoms with Gasteiger partial charge in [-0.05, 0) is 37.0 Å². The van der Waals surface area contributed by atoms with Crippen LogP contribution in [0.4, 0.5) is 0 Å². The summed E-state index contributed by atoms with van der Waals surface area (Å²) in [5, 5.41) is 10.2. The fourth-order valence-electron chi connectivity index (χ4n) is 2.10. The second kappa shape index (κ2) is 6.17. The summed E-state index contributed by atoms with van der Waals surface area (Å²) in [5.41, 5.74) is 3.58. The van der Waals surface area contributed by atoms with Crippen LogP contribution in [0.15, 0.2) is 53.0 Å². The quantitative estimate of drug-likeness (QED) is 0.908. The summed E-state index contributed by atoms with van der Waals surface area (Å²) in [6.07, 6.45) is 1.03. The van der Waals surface area contributed by atoms with E-state index in [0.29, 0.717) is 12.8 Å². The van der Waals surface area contributed by atoms with Crippen molar-refractivity contribution in [1.29, 1.82) is 0 Å². The highest BCUT2D eigenvalue weighted by Gasteiger charge is 2.09. The molecule has 0 saturated heterocycles. The van der Waals surface area contributed by atoms with Gasteiger partial charge >= 0.3 is 0 Å². The summed E-state index contributed by atoms with van der Waals surface area (Å²) in [4.78, 5) is 0. The molecule has 1 unspecified atom stereocenters. The molecule has 0 radical (unpaired) electrons. The van der Waals surface area contributed by atoms with Crippen molar-refractivity contribution in [2.45, 2.75) is 25.9 Å². The molecule has 0 aliphatic carbocycles. The lowest BCUT2D eigenvalue weighted by Gasteiger charge is -2.12. The van der Waals surface area contributed by atoms with Gasteiger partial charge in [-0.2, -0.15) is 0 Å². The van der Waals surface area contributed by atoms with Crippen LogP contribution in [0.3, 0.4) is 0 Å². The van der Waals surface area contributed by atoms with Gasteiger partial charge in [-0.1, -0.05) is 64.0 Å². The standard InChI is InChI=1S/C16H17BrO/c1-12-5-4-6-13(9-12)10-15(18)11-14-7-2-3-8-16(14)17/h2-9,15,18H,10-11H2,1H3. The second-order valence-electron chi connectivity index (χ2n) is 4.64. The van der Waals surface area contributed by atoms with Crippen molar-refractivity contribution in [3.63, 3.8) is 0 Å². The third-order valence-corrected chi connectivity index (χ3v) is 3.74. The predicted molar refractivity (Wildman–Crippen MR) is 78.7 cm³/mol. The number of rotatable bonds is 4. The van der Waals surface area contributed by atoms with Gasteiger partial charge in [0.1, 0.15) is 0 Å².